The van der Waals surface area contributed by atoms with Crippen LogP contribution in [0.2, 0.25) is 5.02 Å². The van der Waals surface area contributed by atoms with Crippen molar-refractivity contribution in [2.75, 3.05) is 24.8 Å². The molecule has 3 rings (SSSR count). The van der Waals surface area contributed by atoms with Crippen molar-refractivity contribution in [2.24, 2.45) is 5.84 Å². The number of hydrogen-bond donors (Lipinski definition) is 4. The molecule has 124 valence electrons. The fourth-order valence-corrected chi connectivity index (χ4v) is 3.55. The van der Waals surface area contributed by atoms with Gasteiger partial charge in [0.25, 0.3) is 5.91 Å². The van der Waals surface area contributed by atoms with E-state index in [2.05, 4.69) is 26.0 Å². The number of carbonyl (C=O) groups is 1. The van der Waals surface area contributed by atoms with Crippen LogP contribution in [0, 0.1) is 0 Å². The summed E-state index contributed by atoms with van der Waals surface area (Å²) < 4.78 is 0. The van der Waals surface area contributed by atoms with Gasteiger partial charge in [-0.1, -0.05) is 23.7 Å². The summed E-state index contributed by atoms with van der Waals surface area (Å²) in [6.07, 6.45) is 0. The Balaban J connectivity index is 2.35. The average molecular weight is 363 g/mol. The summed E-state index contributed by atoms with van der Waals surface area (Å²) in [6.45, 7) is 0. The third kappa shape index (κ3) is 2.75. The van der Waals surface area contributed by atoms with Crippen LogP contribution in [0.5, 0.6) is 0 Å². The second-order valence-corrected chi connectivity index (χ2v) is 6.30. The van der Waals surface area contributed by atoms with E-state index >= 15 is 0 Å². The molecule has 1 aromatic carbocycles. The largest absolute Gasteiger partial charge is 0.357 e. The molecule has 3 aromatic rings. The van der Waals surface area contributed by atoms with Crippen LogP contribution < -0.4 is 21.9 Å². The monoisotopic (exact) mass is 362 g/mol. The molecule has 2 heterocycles. The van der Waals surface area contributed by atoms with Crippen LogP contribution >= 0.6 is 22.9 Å². The van der Waals surface area contributed by atoms with E-state index < -0.39 is 0 Å². The van der Waals surface area contributed by atoms with Gasteiger partial charge in [0.15, 0.2) is 0 Å². The van der Waals surface area contributed by atoms with Crippen molar-refractivity contribution in [3.05, 3.63) is 34.2 Å². The zero-order valence-electron chi connectivity index (χ0n) is 13.0. The lowest BCUT2D eigenvalue weighted by Crippen LogP contribution is -2.19. The summed E-state index contributed by atoms with van der Waals surface area (Å²) in [5.41, 5.74) is 4.63. The zero-order chi connectivity index (χ0) is 17.3. The number of carbonyl (C=O) groups excluding carboxylic acids is 1. The number of hydrazine groups is 1. The number of nitrogen functional groups attached to an aromatic ring is 1. The van der Waals surface area contributed by atoms with E-state index in [1.165, 1.54) is 11.3 Å². The smallest absolute Gasteiger partial charge is 0.263 e. The van der Waals surface area contributed by atoms with Crippen molar-refractivity contribution in [3.8, 4) is 11.3 Å². The van der Waals surface area contributed by atoms with Gasteiger partial charge in [0.1, 0.15) is 9.71 Å². The number of aromatic nitrogens is 2. The number of anilines is 2. The van der Waals surface area contributed by atoms with E-state index in [0.717, 1.165) is 5.56 Å². The molecule has 0 aliphatic carbocycles. The summed E-state index contributed by atoms with van der Waals surface area (Å²) in [5, 5.41) is 6.87. The van der Waals surface area contributed by atoms with Gasteiger partial charge in [-0.05, 0) is 12.1 Å². The number of benzene rings is 1. The molecular weight excluding hydrogens is 348 g/mol. The Morgan fingerprint density at radius 3 is 2.50 bits per heavy atom. The second kappa shape index (κ2) is 6.60. The highest BCUT2D eigenvalue weighted by Gasteiger charge is 2.22. The normalized spacial score (nSPS) is 10.7. The molecule has 0 aliphatic heterocycles. The zero-order valence-corrected chi connectivity index (χ0v) is 14.5. The molecule has 0 unspecified atom stereocenters. The average Bonchev–Trinajstić information content (AvgIpc) is 2.99. The highest BCUT2D eigenvalue weighted by Crippen LogP contribution is 2.40. The second-order valence-electron chi connectivity index (χ2n) is 4.86. The van der Waals surface area contributed by atoms with Gasteiger partial charge in [-0.25, -0.2) is 9.97 Å². The van der Waals surface area contributed by atoms with Crippen LogP contribution in [0.1, 0.15) is 9.67 Å². The number of nitrogens with one attached hydrogen (secondary N) is 3. The van der Waals surface area contributed by atoms with Crippen LogP contribution in [-0.2, 0) is 0 Å². The summed E-state index contributed by atoms with van der Waals surface area (Å²) >= 11 is 7.22. The molecule has 0 atom stereocenters. The maximum Gasteiger partial charge on any atom is 0.263 e. The van der Waals surface area contributed by atoms with E-state index in [9.17, 15) is 4.79 Å². The maximum absolute atomic E-state index is 12.1. The topological polar surface area (TPSA) is 105 Å². The van der Waals surface area contributed by atoms with Gasteiger partial charge in [0.2, 0.25) is 5.95 Å². The van der Waals surface area contributed by atoms with E-state index in [0.29, 0.717) is 37.4 Å². The molecular formula is C15H15ClN6OS. The van der Waals surface area contributed by atoms with Crippen LogP contribution in [0.25, 0.3) is 21.5 Å². The predicted molar refractivity (Wildman–Crippen MR) is 98.6 cm³/mol. The number of halogens is 1. The molecule has 0 aliphatic rings. The molecule has 0 bridgehead atoms. The highest BCUT2D eigenvalue weighted by atomic mass is 35.5. The van der Waals surface area contributed by atoms with E-state index in [4.69, 9.17) is 17.4 Å². The van der Waals surface area contributed by atoms with Crippen molar-refractivity contribution in [1.82, 2.24) is 15.3 Å². The van der Waals surface area contributed by atoms with E-state index in [-0.39, 0.29) is 5.91 Å². The number of amides is 1. The van der Waals surface area contributed by atoms with Crippen molar-refractivity contribution in [2.45, 2.75) is 0 Å². The Kier molecular flexibility index (Phi) is 4.52. The first-order chi connectivity index (χ1) is 11.6. The lowest BCUT2D eigenvalue weighted by molar-refractivity contribution is 0.0968. The van der Waals surface area contributed by atoms with Gasteiger partial charge in [0, 0.05) is 24.7 Å². The Morgan fingerprint density at radius 2 is 1.92 bits per heavy atom. The molecule has 0 saturated carbocycles. The van der Waals surface area contributed by atoms with Gasteiger partial charge < -0.3 is 16.1 Å². The molecule has 24 heavy (non-hydrogen) atoms. The number of nitrogens with two attached hydrogens (primary N) is 1. The van der Waals surface area contributed by atoms with Gasteiger partial charge in [-0.3, -0.25) is 10.6 Å². The van der Waals surface area contributed by atoms with Crippen molar-refractivity contribution >= 4 is 50.7 Å². The van der Waals surface area contributed by atoms with Gasteiger partial charge in [-0.15, -0.1) is 11.3 Å². The van der Waals surface area contributed by atoms with Gasteiger partial charge >= 0.3 is 0 Å². The van der Waals surface area contributed by atoms with E-state index in [1.54, 1.807) is 26.2 Å². The minimum Gasteiger partial charge on any atom is -0.357 e. The Bertz CT molecular complexity index is 908. The highest BCUT2D eigenvalue weighted by molar-refractivity contribution is 7.21. The standard InChI is InChI=1S/C15H15ClN6OS/c1-18-13(23)12-11(22-17)9-10(7-3-5-8(16)6-4-7)20-15(19-2)21-14(9)24-12/h3-6,22H,17H2,1-2H3,(H,18,23)(H,19,20,21). The molecule has 2 aromatic heterocycles. The van der Waals surface area contributed by atoms with Crippen molar-refractivity contribution < 1.29 is 4.79 Å². The van der Waals surface area contributed by atoms with Crippen LogP contribution in [0.15, 0.2) is 24.3 Å². The van der Waals surface area contributed by atoms with Crippen molar-refractivity contribution in [1.29, 1.82) is 0 Å². The number of thiophene rings is 1. The molecule has 1 amide bonds. The number of nitrogens with zero attached hydrogens (tertiary/aromatic N) is 2. The van der Waals surface area contributed by atoms with Crippen LogP contribution in [0.4, 0.5) is 11.6 Å². The third-order valence-corrected chi connectivity index (χ3v) is 4.80. The summed E-state index contributed by atoms with van der Waals surface area (Å²) in [5.74, 6) is 5.90. The van der Waals surface area contributed by atoms with Gasteiger partial charge in [-0.2, -0.15) is 0 Å². The fourth-order valence-electron chi connectivity index (χ4n) is 2.34. The number of hydrogen-bond acceptors (Lipinski definition) is 7. The number of rotatable bonds is 4. The van der Waals surface area contributed by atoms with Crippen LogP contribution in [0.3, 0.4) is 0 Å². The molecule has 9 heteroatoms. The summed E-state index contributed by atoms with van der Waals surface area (Å²) in [4.78, 5) is 22.2. The predicted octanol–water partition coefficient (Wildman–Crippen LogP) is 2.70. The lowest BCUT2D eigenvalue weighted by atomic mass is 10.1. The Hall–Kier alpha value is -2.42. The molecule has 0 fully saturated rings. The molecule has 0 saturated heterocycles. The minimum absolute atomic E-state index is 0.237. The van der Waals surface area contributed by atoms with Gasteiger partial charge in [0.05, 0.1) is 16.8 Å². The first-order valence-corrected chi connectivity index (χ1v) is 8.25. The fraction of sp³-hybridized carbons (Fsp3) is 0.133. The maximum atomic E-state index is 12.1. The van der Waals surface area contributed by atoms with Crippen molar-refractivity contribution in [3.63, 3.8) is 0 Å². The molecule has 5 N–H and O–H groups in total. The van der Waals surface area contributed by atoms with E-state index in [1.807, 2.05) is 12.1 Å². The van der Waals surface area contributed by atoms with Crippen LogP contribution in [-0.4, -0.2) is 30.0 Å². The SMILES string of the molecule is CNC(=O)c1sc2nc(NC)nc(-c3ccc(Cl)cc3)c2c1NN. The number of fused-ring (bicyclic) bond motifs is 1. The first kappa shape index (κ1) is 16.4. The lowest BCUT2D eigenvalue weighted by Gasteiger charge is -2.08. The third-order valence-electron chi connectivity index (χ3n) is 3.47. The Labute approximate surface area is 147 Å². The first-order valence-electron chi connectivity index (χ1n) is 7.06. The molecule has 0 spiro atoms. The quantitative estimate of drug-likeness (QED) is 0.420. The Morgan fingerprint density at radius 1 is 1.21 bits per heavy atom. The summed E-state index contributed by atoms with van der Waals surface area (Å²) in [6, 6.07) is 7.29. The molecule has 7 nitrogen and oxygen atoms in total. The summed E-state index contributed by atoms with van der Waals surface area (Å²) in [7, 11) is 3.31. The minimum atomic E-state index is -0.237. The molecule has 0 radical (unpaired) electrons.